The van der Waals surface area contributed by atoms with Crippen LogP contribution in [0.3, 0.4) is 0 Å². The third kappa shape index (κ3) is 2.66. The van der Waals surface area contributed by atoms with Gasteiger partial charge in [-0.05, 0) is 38.4 Å². The Kier molecular flexibility index (Phi) is 3.47. The van der Waals surface area contributed by atoms with E-state index in [1.165, 1.54) is 0 Å². The topological polar surface area (TPSA) is 74.5 Å². The van der Waals surface area contributed by atoms with Crippen LogP contribution >= 0.6 is 0 Å². The summed E-state index contributed by atoms with van der Waals surface area (Å²) in [6.07, 6.45) is 0.644. The molecule has 1 aliphatic heterocycles. The molecule has 3 rings (SSSR count). The van der Waals surface area contributed by atoms with Gasteiger partial charge in [0.25, 0.3) is 5.91 Å². The van der Waals surface area contributed by atoms with Gasteiger partial charge in [-0.3, -0.25) is 4.79 Å². The number of rotatable bonds is 3. The second-order valence-electron chi connectivity index (χ2n) is 5.89. The number of fused-ring (bicyclic) bond motifs is 1. The van der Waals surface area contributed by atoms with Crippen molar-refractivity contribution < 1.29 is 14.3 Å². The van der Waals surface area contributed by atoms with Gasteiger partial charge in [0.1, 0.15) is 5.58 Å². The lowest BCUT2D eigenvalue weighted by atomic mass is 10.0. The number of β-amino-alcohol motifs (C(OH)–C–C–N with tert-alkyl or cyclic N) is 1. The van der Waals surface area contributed by atoms with E-state index in [9.17, 15) is 9.90 Å². The van der Waals surface area contributed by atoms with E-state index < -0.39 is 5.60 Å². The number of carbonyl (C=O) groups excluding carboxylic acids is 1. The first-order chi connectivity index (χ1) is 9.98. The van der Waals surface area contributed by atoms with Crippen LogP contribution in [0, 0.1) is 13.8 Å². The SMILES string of the molecule is Cc1ccc2c(C)c(C(=O)NC[C@]3(O)CCNC3)oc2c1. The monoisotopic (exact) mass is 288 g/mol. The minimum absolute atomic E-state index is 0.231. The fraction of sp³-hybridized carbons (Fsp3) is 0.438. The number of hydrogen-bond donors (Lipinski definition) is 3. The number of aliphatic hydroxyl groups is 1. The molecular formula is C16H20N2O3. The van der Waals surface area contributed by atoms with Crippen LogP contribution in [0.15, 0.2) is 22.6 Å². The summed E-state index contributed by atoms with van der Waals surface area (Å²) < 4.78 is 5.68. The highest BCUT2D eigenvalue weighted by Gasteiger charge is 2.32. The van der Waals surface area contributed by atoms with Crippen LogP contribution in [-0.4, -0.2) is 36.2 Å². The van der Waals surface area contributed by atoms with E-state index in [-0.39, 0.29) is 12.5 Å². The second kappa shape index (κ2) is 5.16. The number of nitrogens with one attached hydrogen (secondary N) is 2. The van der Waals surface area contributed by atoms with Gasteiger partial charge in [0.15, 0.2) is 5.76 Å². The van der Waals surface area contributed by atoms with Gasteiger partial charge in [-0.1, -0.05) is 12.1 Å². The van der Waals surface area contributed by atoms with Crippen LogP contribution in [0.25, 0.3) is 11.0 Å². The van der Waals surface area contributed by atoms with Crippen LogP contribution in [-0.2, 0) is 0 Å². The molecule has 2 aromatic rings. The molecule has 1 amide bonds. The summed E-state index contributed by atoms with van der Waals surface area (Å²) in [6.45, 7) is 5.37. The third-order valence-electron chi connectivity index (χ3n) is 4.10. The Morgan fingerprint density at radius 1 is 1.48 bits per heavy atom. The quantitative estimate of drug-likeness (QED) is 0.800. The lowest BCUT2D eigenvalue weighted by Crippen LogP contribution is -2.44. The fourth-order valence-corrected chi connectivity index (χ4v) is 2.76. The summed E-state index contributed by atoms with van der Waals surface area (Å²) >= 11 is 0. The van der Waals surface area contributed by atoms with Gasteiger partial charge < -0.3 is 20.2 Å². The van der Waals surface area contributed by atoms with E-state index >= 15 is 0 Å². The number of hydrogen-bond acceptors (Lipinski definition) is 4. The number of furan rings is 1. The molecule has 1 fully saturated rings. The Labute approximate surface area is 123 Å². The molecule has 1 aliphatic rings. The first-order valence-electron chi connectivity index (χ1n) is 7.20. The Morgan fingerprint density at radius 3 is 3.00 bits per heavy atom. The van der Waals surface area contributed by atoms with Crippen molar-refractivity contribution in [3.8, 4) is 0 Å². The van der Waals surface area contributed by atoms with Gasteiger partial charge in [-0.15, -0.1) is 0 Å². The molecule has 0 saturated carbocycles. The van der Waals surface area contributed by atoms with Gasteiger partial charge in [0, 0.05) is 24.0 Å². The van der Waals surface area contributed by atoms with E-state index in [4.69, 9.17) is 4.42 Å². The first kappa shape index (κ1) is 14.1. The Balaban J connectivity index is 1.79. The highest BCUT2D eigenvalue weighted by Crippen LogP contribution is 2.26. The molecule has 1 aromatic heterocycles. The van der Waals surface area contributed by atoms with Crippen LogP contribution < -0.4 is 10.6 Å². The molecule has 0 spiro atoms. The molecule has 0 aliphatic carbocycles. The number of aryl methyl sites for hydroxylation is 2. The lowest BCUT2D eigenvalue weighted by Gasteiger charge is -2.21. The summed E-state index contributed by atoms with van der Waals surface area (Å²) in [5.74, 6) is 0.0480. The van der Waals surface area contributed by atoms with Crippen molar-refractivity contribution in [1.82, 2.24) is 10.6 Å². The Bertz CT molecular complexity index is 684. The predicted octanol–water partition coefficient (Wildman–Crippen LogP) is 1.50. The van der Waals surface area contributed by atoms with Crippen molar-refractivity contribution in [1.29, 1.82) is 0 Å². The molecule has 3 N–H and O–H groups in total. The maximum atomic E-state index is 12.3. The molecule has 1 aromatic carbocycles. The minimum atomic E-state index is -0.855. The van der Waals surface area contributed by atoms with Crippen molar-refractivity contribution >= 4 is 16.9 Å². The average Bonchev–Trinajstić information content (AvgIpc) is 3.01. The second-order valence-corrected chi connectivity index (χ2v) is 5.89. The van der Waals surface area contributed by atoms with Gasteiger partial charge >= 0.3 is 0 Å². The minimum Gasteiger partial charge on any atom is -0.451 e. The first-order valence-corrected chi connectivity index (χ1v) is 7.20. The zero-order valence-electron chi connectivity index (χ0n) is 12.3. The van der Waals surface area contributed by atoms with E-state index in [1.54, 1.807) is 0 Å². The van der Waals surface area contributed by atoms with Crippen LogP contribution in [0.1, 0.15) is 28.1 Å². The van der Waals surface area contributed by atoms with Crippen molar-refractivity contribution in [3.63, 3.8) is 0 Å². The Hall–Kier alpha value is -1.85. The summed E-state index contributed by atoms with van der Waals surface area (Å²) in [7, 11) is 0. The van der Waals surface area contributed by atoms with Crippen LogP contribution in [0.4, 0.5) is 0 Å². The zero-order chi connectivity index (χ0) is 15.0. The summed E-state index contributed by atoms with van der Waals surface area (Å²) in [5, 5.41) is 17.0. The standard InChI is InChI=1S/C16H20N2O3/c1-10-3-4-12-11(2)14(21-13(12)7-10)15(19)18-9-16(20)5-6-17-8-16/h3-4,7,17,20H,5-6,8-9H2,1-2H3,(H,18,19)/t16-/m0/s1. The molecule has 21 heavy (non-hydrogen) atoms. The lowest BCUT2D eigenvalue weighted by molar-refractivity contribution is 0.0554. The van der Waals surface area contributed by atoms with Gasteiger partial charge in [-0.2, -0.15) is 0 Å². The van der Waals surface area contributed by atoms with Crippen molar-refractivity contribution in [2.75, 3.05) is 19.6 Å². The van der Waals surface area contributed by atoms with Crippen molar-refractivity contribution in [2.45, 2.75) is 25.9 Å². The number of carbonyl (C=O) groups is 1. The maximum Gasteiger partial charge on any atom is 0.287 e. The molecule has 5 nitrogen and oxygen atoms in total. The maximum absolute atomic E-state index is 12.3. The molecular weight excluding hydrogens is 268 g/mol. The zero-order valence-corrected chi connectivity index (χ0v) is 12.3. The smallest absolute Gasteiger partial charge is 0.287 e. The number of benzene rings is 1. The molecule has 0 unspecified atom stereocenters. The van der Waals surface area contributed by atoms with E-state index in [0.29, 0.717) is 18.7 Å². The fourth-order valence-electron chi connectivity index (χ4n) is 2.76. The number of amides is 1. The molecule has 112 valence electrons. The third-order valence-corrected chi connectivity index (χ3v) is 4.10. The average molecular weight is 288 g/mol. The highest BCUT2D eigenvalue weighted by molar-refractivity contribution is 5.99. The molecule has 5 heteroatoms. The molecule has 1 atom stereocenters. The highest BCUT2D eigenvalue weighted by atomic mass is 16.3. The van der Waals surface area contributed by atoms with E-state index in [2.05, 4.69) is 10.6 Å². The van der Waals surface area contributed by atoms with Crippen LogP contribution in [0.2, 0.25) is 0 Å². The van der Waals surface area contributed by atoms with Crippen LogP contribution in [0.5, 0.6) is 0 Å². The Morgan fingerprint density at radius 2 is 2.29 bits per heavy atom. The molecule has 0 bridgehead atoms. The van der Waals surface area contributed by atoms with E-state index in [1.807, 2.05) is 32.0 Å². The van der Waals surface area contributed by atoms with Gasteiger partial charge in [0.2, 0.25) is 0 Å². The summed E-state index contributed by atoms with van der Waals surface area (Å²) in [6, 6.07) is 5.89. The van der Waals surface area contributed by atoms with Crippen molar-refractivity contribution in [2.24, 2.45) is 0 Å². The molecule has 2 heterocycles. The predicted molar refractivity (Wildman–Crippen MR) is 80.5 cm³/mol. The van der Waals surface area contributed by atoms with Gasteiger partial charge in [-0.25, -0.2) is 0 Å². The van der Waals surface area contributed by atoms with Crippen molar-refractivity contribution in [3.05, 3.63) is 35.1 Å². The van der Waals surface area contributed by atoms with Gasteiger partial charge in [0.05, 0.1) is 5.60 Å². The normalized spacial score (nSPS) is 21.9. The summed E-state index contributed by atoms with van der Waals surface area (Å²) in [5.41, 5.74) is 1.79. The molecule has 1 saturated heterocycles. The largest absolute Gasteiger partial charge is 0.451 e. The molecule has 0 radical (unpaired) electrons. The summed E-state index contributed by atoms with van der Waals surface area (Å²) in [4.78, 5) is 12.3. The van der Waals surface area contributed by atoms with E-state index in [0.717, 1.165) is 28.6 Å².